The Morgan fingerprint density at radius 2 is 1.59 bits per heavy atom. The lowest BCUT2D eigenvalue weighted by atomic mass is 9.95. The SMILES string of the molecule is COC(=O)c1ccc2c(c1)c1c(-c3ccccc3)c(I)c3ccccc3c1n2C. The molecule has 0 saturated heterocycles. The molecule has 0 fully saturated rings. The Kier molecular flexibility index (Phi) is 4.32. The lowest BCUT2D eigenvalue weighted by molar-refractivity contribution is 0.0601. The highest BCUT2D eigenvalue weighted by Crippen LogP contribution is 2.44. The van der Waals surface area contributed by atoms with Crippen LogP contribution in [-0.2, 0) is 11.8 Å². The van der Waals surface area contributed by atoms with Gasteiger partial charge in [-0.25, -0.2) is 4.79 Å². The molecule has 0 spiro atoms. The smallest absolute Gasteiger partial charge is 0.337 e. The topological polar surface area (TPSA) is 31.2 Å². The van der Waals surface area contributed by atoms with E-state index in [-0.39, 0.29) is 5.97 Å². The van der Waals surface area contributed by atoms with E-state index >= 15 is 0 Å². The number of hydrogen-bond acceptors (Lipinski definition) is 2. The van der Waals surface area contributed by atoms with Crippen LogP contribution in [0.4, 0.5) is 0 Å². The van der Waals surface area contributed by atoms with Crippen LogP contribution < -0.4 is 0 Å². The highest BCUT2D eigenvalue weighted by Gasteiger charge is 2.21. The van der Waals surface area contributed by atoms with Gasteiger partial charge in [0.05, 0.1) is 18.2 Å². The molecule has 0 N–H and O–H groups in total. The Morgan fingerprint density at radius 1 is 0.897 bits per heavy atom. The molecule has 0 aliphatic carbocycles. The molecular formula is C25H18INO2. The third-order valence-electron chi connectivity index (χ3n) is 5.57. The van der Waals surface area contributed by atoms with Gasteiger partial charge in [-0.05, 0) is 51.7 Å². The number of nitrogens with zero attached hydrogens (tertiary/aromatic N) is 1. The van der Waals surface area contributed by atoms with Gasteiger partial charge in [-0.15, -0.1) is 0 Å². The second-order valence-corrected chi connectivity index (χ2v) is 8.19. The number of hydrogen-bond donors (Lipinski definition) is 0. The van der Waals surface area contributed by atoms with Crippen LogP contribution in [0.1, 0.15) is 10.4 Å². The number of methoxy groups -OCH3 is 1. The number of esters is 1. The number of ether oxygens (including phenoxy) is 1. The quantitative estimate of drug-likeness (QED) is 0.207. The number of aryl methyl sites for hydroxylation is 1. The Hall–Kier alpha value is -2.86. The van der Waals surface area contributed by atoms with Gasteiger partial charge in [0.2, 0.25) is 0 Å². The van der Waals surface area contributed by atoms with Crippen molar-refractivity contribution in [3.8, 4) is 11.1 Å². The molecule has 3 nitrogen and oxygen atoms in total. The van der Waals surface area contributed by atoms with E-state index in [1.807, 2.05) is 24.3 Å². The molecule has 1 aromatic heterocycles. The summed E-state index contributed by atoms with van der Waals surface area (Å²) in [5, 5.41) is 4.68. The average Bonchev–Trinajstić information content (AvgIpc) is 3.06. The molecule has 0 atom stereocenters. The van der Waals surface area contributed by atoms with Crippen LogP contribution in [0.15, 0.2) is 72.8 Å². The van der Waals surface area contributed by atoms with E-state index in [0.717, 1.165) is 10.9 Å². The standard InChI is InChI=1S/C25H18INO2/c1-27-20-13-12-16(25(28)29-2)14-19(20)22-21(15-8-4-3-5-9-15)23(26)17-10-6-7-11-18(17)24(22)27/h3-14H,1-2H3. The maximum Gasteiger partial charge on any atom is 0.337 e. The van der Waals surface area contributed by atoms with E-state index in [9.17, 15) is 4.79 Å². The van der Waals surface area contributed by atoms with Gasteiger partial charge in [0, 0.05) is 37.9 Å². The zero-order valence-corrected chi connectivity index (χ0v) is 18.2. The average molecular weight is 491 g/mol. The van der Waals surface area contributed by atoms with E-state index in [2.05, 4.69) is 82.7 Å². The van der Waals surface area contributed by atoms with E-state index in [4.69, 9.17) is 4.74 Å². The number of benzene rings is 4. The van der Waals surface area contributed by atoms with Crippen molar-refractivity contribution in [1.82, 2.24) is 4.57 Å². The molecule has 0 unspecified atom stereocenters. The summed E-state index contributed by atoms with van der Waals surface area (Å²) in [5.74, 6) is -0.319. The van der Waals surface area contributed by atoms with E-state index in [1.165, 1.54) is 43.5 Å². The molecular weight excluding hydrogens is 473 g/mol. The predicted octanol–water partition coefficient (Wildman–Crippen LogP) is 6.54. The summed E-state index contributed by atoms with van der Waals surface area (Å²) >= 11 is 2.46. The van der Waals surface area contributed by atoms with E-state index in [1.54, 1.807) is 0 Å². The van der Waals surface area contributed by atoms with Crippen molar-refractivity contribution in [2.45, 2.75) is 0 Å². The number of halogens is 1. The third-order valence-corrected chi connectivity index (χ3v) is 6.69. The molecule has 0 radical (unpaired) electrons. The molecule has 4 heteroatoms. The maximum atomic E-state index is 12.2. The molecule has 0 aliphatic rings. The molecule has 5 rings (SSSR count). The van der Waals surface area contributed by atoms with Crippen LogP contribution >= 0.6 is 22.6 Å². The van der Waals surface area contributed by atoms with Crippen molar-refractivity contribution in [2.75, 3.05) is 7.11 Å². The number of fused-ring (bicyclic) bond motifs is 5. The van der Waals surface area contributed by atoms with Crippen LogP contribution in [0.3, 0.4) is 0 Å². The molecule has 0 amide bonds. The second kappa shape index (κ2) is 6.88. The Labute approximate surface area is 182 Å². The summed E-state index contributed by atoms with van der Waals surface area (Å²) in [5.41, 5.74) is 5.21. The largest absolute Gasteiger partial charge is 0.465 e. The summed E-state index contributed by atoms with van der Waals surface area (Å²) in [7, 11) is 3.51. The molecule has 29 heavy (non-hydrogen) atoms. The maximum absolute atomic E-state index is 12.2. The van der Waals surface area contributed by atoms with Gasteiger partial charge in [-0.3, -0.25) is 0 Å². The summed E-state index contributed by atoms with van der Waals surface area (Å²) in [4.78, 5) is 12.2. The van der Waals surface area contributed by atoms with Crippen molar-refractivity contribution >= 4 is 61.1 Å². The van der Waals surface area contributed by atoms with E-state index in [0.29, 0.717) is 5.56 Å². The fourth-order valence-electron chi connectivity index (χ4n) is 4.26. The van der Waals surface area contributed by atoms with Gasteiger partial charge in [0.25, 0.3) is 0 Å². The van der Waals surface area contributed by atoms with Crippen LogP contribution in [0.25, 0.3) is 43.7 Å². The lowest BCUT2D eigenvalue weighted by Gasteiger charge is -2.13. The van der Waals surface area contributed by atoms with Crippen LogP contribution in [-0.4, -0.2) is 17.6 Å². The monoisotopic (exact) mass is 491 g/mol. The molecule has 0 saturated carbocycles. The summed E-state index contributed by atoms with van der Waals surface area (Å²) in [6.45, 7) is 0. The first-order valence-electron chi connectivity index (χ1n) is 9.38. The first kappa shape index (κ1) is 18.2. The zero-order chi connectivity index (χ0) is 20.1. The molecule has 4 aromatic carbocycles. The van der Waals surface area contributed by atoms with Crippen molar-refractivity contribution in [2.24, 2.45) is 7.05 Å². The Balaban J connectivity index is 2.06. The van der Waals surface area contributed by atoms with Gasteiger partial charge < -0.3 is 9.30 Å². The Morgan fingerprint density at radius 3 is 2.31 bits per heavy atom. The minimum Gasteiger partial charge on any atom is -0.465 e. The van der Waals surface area contributed by atoms with Crippen LogP contribution in [0.2, 0.25) is 0 Å². The lowest BCUT2D eigenvalue weighted by Crippen LogP contribution is -2.00. The summed E-state index contributed by atoms with van der Waals surface area (Å²) in [6, 6.07) is 24.8. The van der Waals surface area contributed by atoms with Gasteiger partial charge >= 0.3 is 5.97 Å². The van der Waals surface area contributed by atoms with Crippen LogP contribution in [0.5, 0.6) is 0 Å². The number of rotatable bonds is 2. The van der Waals surface area contributed by atoms with Crippen molar-refractivity contribution in [3.63, 3.8) is 0 Å². The molecule has 0 bridgehead atoms. The highest BCUT2D eigenvalue weighted by atomic mass is 127. The predicted molar refractivity (Wildman–Crippen MR) is 127 cm³/mol. The van der Waals surface area contributed by atoms with Gasteiger partial charge in [0.1, 0.15) is 0 Å². The van der Waals surface area contributed by atoms with Gasteiger partial charge in [-0.2, -0.15) is 0 Å². The fraction of sp³-hybridized carbons (Fsp3) is 0.0800. The molecule has 1 heterocycles. The third kappa shape index (κ3) is 2.66. The number of aromatic nitrogens is 1. The van der Waals surface area contributed by atoms with Crippen molar-refractivity contribution in [1.29, 1.82) is 0 Å². The molecule has 142 valence electrons. The summed E-state index contributed by atoms with van der Waals surface area (Å²) < 4.78 is 8.41. The first-order chi connectivity index (χ1) is 14.1. The first-order valence-corrected chi connectivity index (χ1v) is 10.5. The van der Waals surface area contributed by atoms with Gasteiger partial charge in [0.15, 0.2) is 0 Å². The normalized spacial score (nSPS) is 11.4. The van der Waals surface area contributed by atoms with Crippen molar-refractivity contribution < 1.29 is 9.53 Å². The number of carbonyl (C=O) groups excluding carboxylic acids is 1. The highest BCUT2D eigenvalue weighted by molar-refractivity contribution is 14.1. The zero-order valence-electron chi connectivity index (χ0n) is 16.1. The van der Waals surface area contributed by atoms with Gasteiger partial charge in [-0.1, -0.05) is 54.6 Å². The fourth-order valence-corrected chi connectivity index (χ4v) is 5.31. The summed E-state index contributed by atoms with van der Waals surface area (Å²) in [6.07, 6.45) is 0. The van der Waals surface area contributed by atoms with Crippen LogP contribution in [0, 0.1) is 3.57 Å². The second-order valence-electron chi connectivity index (χ2n) is 7.11. The Bertz CT molecular complexity index is 1420. The van der Waals surface area contributed by atoms with Crippen molar-refractivity contribution in [3.05, 3.63) is 81.9 Å². The minimum atomic E-state index is -0.319. The molecule has 0 aliphatic heterocycles. The van der Waals surface area contributed by atoms with E-state index < -0.39 is 0 Å². The molecule has 5 aromatic rings. The number of carbonyl (C=O) groups is 1. The minimum absolute atomic E-state index is 0.319.